The van der Waals surface area contributed by atoms with Gasteiger partial charge in [0.2, 0.25) is 0 Å². The lowest BCUT2D eigenvalue weighted by Crippen LogP contribution is -2.14. The highest BCUT2D eigenvalue weighted by Gasteiger charge is 2.23. The van der Waals surface area contributed by atoms with E-state index in [-0.39, 0.29) is 4.90 Å². The minimum atomic E-state index is -3.78. The van der Waals surface area contributed by atoms with Gasteiger partial charge in [-0.25, -0.2) is 0 Å². The third-order valence-electron chi connectivity index (χ3n) is 3.36. The van der Waals surface area contributed by atoms with Crippen LogP contribution in [0.4, 0.5) is 0 Å². The fraction of sp³-hybridized carbons (Fsp3) is 0.133. The van der Waals surface area contributed by atoms with Gasteiger partial charge in [-0.15, -0.1) is 4.09 Å². The SMILES string of the molecule is COc1c(Br)ccc2cnn(S(=O)(=O)c3ccc(C)cc3)c12. The summed E-state index contributed by atoms with van der Waals surface area (Å²) in [5, 5.41) is 4.73. The molecule has 0 aliphatic rings. The van der Waals surface area contributed by atoms with Gasteiger partial charge in [0.1, 0.15) is 5.52 Å². The molecule has 0 unspecified atom stereocenters. The summed E-state index contributed by atoms with van der Waals surface area (Å²) >= 11 is 3.37. The van der Waals surface area contributed by atoms with Crippen LogP contribution in [0.25, 0.3) is 10.9 Å². The Bertz CT molecular complexity index is 947. The zero-order valence-electron chi connectivity index (χ0n) is 11.9. The minimum Gasteiger partial charge on any atom is -0.493 e. The lowest BCUT2D eigenvalue weighted by Gasteiger charge is -2.10. The smallest absolute Gasteiger partial charge is 0.283 e. The highest BCUT2D eigenvalue weighted by Crippen LogP contribution is 2.34. The molecule has 0 bridgehead atoms. The number of halogens is 1. The van der Waals surface area contributed by atoms with Gasteiger partial charge >= 0.3 is 0 Å². The summed E-state index contributed by atoms with van der Waals surface area (Å²) < 4.78 is 32.7. The van der Waals surface area contributed by atoms with Crippen molar-refractivity contribution in [2.45, 2.75) is 11.8 Å². The van der Waals surface area contributed by atoms with E-state index >= 15 is 0 Å². The predicted octanol–water partition coefficient (Wildman–Crippen LogP) is 3.35. The standard InChI is InChI=1S/C15H13BrN2O3S/c1-10-3-6-12(7-4-10)22(19,20)18-14-11(9-17-18)5-8-13(16)15(14)21-2/h3-9H,1-2H3. The molecule has 0 atom stereocenters. The molecule has 0 aliphatic heterocycles. The summed E-state index contributed by atoms with van der Waals surface area (Å²) in [7, 11) is -2.29. The number of aromatic nitrogens is 2. The summed E-state index contributed by atoms with van der Waals surface area (Å²) in [5.74, 6) is 0.436. The van der Waals surface area contributed by atoms with Crippen LogP contribution < -0.4 is 4.74 Å². The van der Waals surface area contributed by atoms with Crippen LogP contribution >= 0.6 is 15.9 Å². The van der Waals surface area contributed by atoms with Crippen LogP contribution in [0.15, 0.2) is 52.0 Å². The first-order valence-electron chi connectivity index (χ1n) is 6.47. The van der Waals surface area contributed by atoms with Crippen LogP contribution in [0, 0.1) is 6.92 Å². The number of ether oxygens (including phenoxy) is 1. The molecule has 0 N–H and O–H groups in total. The monoisotopic (exact) mass is 380 g/mol. The molecule has 5 nitrogen and oxygen atoms in total. The second kappa shape index (κ2) is 5.40. The van der Waals surface area contributed by atoms with Crippen molar-refractivity contribution in [2.24, 2.45) is 0 Å². The molecule has 0 aliphatic carbocycles. The van der Waals surface area contributed by atoms with Crippen LogP contribution in [0.3, 0.4) is 0 Å². The molecule has 0 fully saturated rings. The second-order valence-corrected chi connectivity index (χ2v) is 7.45. The van der Waals surface area contributed by atoms with Crippen molar-refractivity contribution in [3.05, 3.63) is 52.6 Å². The van der Waals surface area contributed by atoms with Crippen LogP contribution in [0.2, 0.25) is 0 Å². The Balaban J connectivity index is 2.30. The second-order valence-electron chi connectivity index (χ2n) is 4.82. The van der Waals surface area contributed by atoms with E-state index in [9.17, 15) is 8.42 Å². The molecule has 0 saturated carbocycles. The minimum absolute atomic E-state index is 0.185. The van der Waals surface area contributed by atoms with Crippen molar-refractivity contribution in [1.29, 1.82) is 0 Å². The largest absolute Gasteiger partial charge is 0.493 e. The van der Waals surface area contributed by atoms with Crippen molar-refractivity contribution in [1.82, 2.24) is 9.19 Å². The van der Waals surface area contributed by atoms with Gasteiger partial charge in [0.15, 0.2) is 5.75 Å². The summed E-state index contributed by atoms with van der Waals surface area (Å²) in [6, 6.07) is 10.2. The highest BCUT2D eigenvalue weighted by molar-refractivity contribution is 9.10. The number of nitrogens with zero attached hydrogens (tertiary/aromatic N) is 2. The molecule has 0 spiro atoms. The van der Waals surface area contributed by atoms with Crippen LogP contribution in [0.5, 0.6) is 5.75 Å². The Morgan fingerprint density at radius 3 is 2.45 bits per heavy atom. The molecule has 0 amide bonds. The number of fused-ring (bicyclic) bond motifs is 1. The molecule has 1 aromatic heterocycles. The van der Waals surface area contributed by atoms with E-state index in [1.165, 1.54) is 13.3 Å². The summed E-state index contributed by atoms with van der Waals surface area (Å²) in [6.45, 7) is 1.90. The van der Waals surface area contributed by atoms with Crippen LogP contribution in [-0.2, 0) is 10.0 Å². The Morgan fingerprint density at radius 1 is 1.14 bits per heavy atom. The van der Waals surface area contributed by atoms with Gasteiger partial charge in [-0.3, -0.25) is 0 Å². The van der Waals surface area contributed by atoms with Crippen molar-refractivity contribution < 1.29 is 13.2 Å². The van der Waals surface area contributed by atoms with Crippen LogP contribution in [-0.4, -0.2) is 24.7 Å². The third-order valence-corrected chi connectivity index (χ3v) is 5.58. The molecule has 7 heteroatoms. The van der Waals surface area contributed by atoms with Crippen molar-refractivity contribution >= 4 is 36.9 Å². The highest BCUT2D eigenvalue weighted by atomic mass is 79.9. The van der Waals surface area contributed by atoms with E-state index in [1.807, 2.05) is 6.92 Å². The zero-order valence-corrected chi connectivity index (χ0v) is 14.3. The van der Waals surface area contributed by atoms with E-state index in [4.69, 9.17) is 4.74 Å². The molecule has 3 aromatic rings. The quantitative estimate of drug-likeness (QED) is 0.698. The fourth-order valence-corrected chi connectivity index (χ4v) is 3.98. The Labute approximate surface area is 136 Å². The van der Waals surface area contributed by atoms with E-state index in [2.05, 4.69) is 21.0 Å². The first-order valence-corrected chi connectivity index (χ1v) is 8.71. The van der Waals surface area contributed by atoms with Gasteiger partial charge in [0.05, 0.1) is 22.7 Å². The predicted molar refractivity (Wildman–Crippen MR) is 87.7 cm³/mol. The van der Waals surface area contributed by atoms with E-state index in [0.717, 1.165) is 9.65 Å². The van der Waals surface area contributed by atoms with Gasteiger partial charge < -0.3 is 4.74 Å². The normalized spacial score (nSPS) is 11.8. The number of benzene rings is 2. The van der Waals surface area contributed by atoms with Crippen molar-refractivity contribution in [3.8, 4) is 5.75 Å². The maximum Gasteiger partial charge on any atom is 0.283 e. The third kappa shape index (κ3) is 2.30. The van der Waals surface area contributed by atoms with Gasteiger partial charge in [0.25, 0.3) is 10.0 Å². The molecule has 22 heavy (non-hydrogen) atoms. The maximum absolute atomic E-state index is 12.8. The molecule has 114 valence electrons. The Morgan fingerprint density at radius 2 is 1.82 bits per heavy atom. The first kappa shape index (κ1) is 15.1. The van der Waals surface area contributed by atoms with E-state index in [1.54, 1.807) is 36.4 Å². The molecule has 0 saturated heterocycles. The van der Waals surface area contributed by atoms with E-state index < -0.39 is 10.0 Å². The van der Waals surface area contributed by atoms with Crippen molar-refractivity contribution in [3.63, 3.8) is 0 Å². The van der Waals surface area contributed by atoms with Gasteiger partial charge in [-0.1, -0.05) is 17.7 Å². The first-order chi connectivity index (χ1) is 10.4. The van der Waals surface area contributed by atoms with Crippen molar-refractivity contribution in [2.75, 3.05) is 7.11 Å². The molecule has 0 radical (unpaired) electrons. The average Bonchev–Trinajstić information content (AvgIpc) is 2.92. The van der Waals surface area contributed by atoms with E-state index in [0.29, 0.717) is 21.1 Å². The fourth-order valence-electron chi connectivity index (χ4n) is 2.22. The van der Waals surface area contributed by atoms with Gasteiger partial charge in [-0.2, -0.15) is 13.5 Å². The number of hydrogen-bond acceptors (Lipinski definition) is 4. The zero-order chi connectivity index (χ0) is 15.9. The Hall–Kier alpha value is -1.86. The molecular formula is C15H13BrN2O3S. The summed E-state index contributed by atoms with van der Waals surface area (Å²) in [4.78, 5) is 0.185. The molecule has 3 rings (SSSR count). The number of hydrogen-bond donors (Lipinski definition) is 0. The van der Waals surface area contributed by atoms with Gasteiger partial charge in [-0.05, 0) is 47.1 Å². The Kier molecular flexibility index (Phi) is 3.70. The number of methoxy groups -OCH3 is 1. The summed E-state index contributed by atoms with van der Waals surface area (Å²) in [5.41, 5.74) is 1.40. The van der Waals surface area contributed by atoms with Crippen LogP contribution in [0.1, 0.15) is 5.56 Å². The number of rotatable bonds is 3. The lowest BCUT2D eigenvalue weighted by molar-refractivity contribution is 0.415. The summed E-state index contributed by atoms with van der Waals surface area (Å²) in [6.07, 6.45) is 1.51. The number of aryl methyl sites for hydroxylation is 1. The van der Waals surface area contributed by atoms with Gasteiger partial charge in [0, 0.05) is 5.39 Å². The average molecular weight is 381 g/mol. The maximum atomic E-state index is 12.8. The topological polar surface area (TPSA) is 61.2 Å². The lowest BCUT2D eigenvalue weighted by atomic mass is 10.2. The molecular weight excluding hydrogens is 368 g/mol. The molecule has 1 heterocycles. The molecule has 2 aromatic carbocycles.